The van der Waals surface area contributed by atoms with Crippen LogP contribution in [0.4, 0.5) is 33.5 Å². The van der Waals surface area contributed by atoms with Crippen LogP contribution in [0.3, 0.4) is 0 Å². The fourth-order valence-corrected chi connectivity index (χ4v) is 4.17. The molecule has 0 aliphatic carbocycles. The molecule has 0 bridgehead atoms. The maximum atomic E-state index is 13.8. The maximum Gasteiger partial charge on any atom is 0.418 e. The van der Waals surface area contributed by atoms with E-state index in [1.165, 1.54) is 23.2 Å². The van der Waals surface area contributed by atoms with Crippen LogP contribution in [0.15, 0.2) is 29.6 Å². The van der Waals surface area contributed by atoms with Gasteiger partial charge in [0, 0.05) is 50.3 Å². The van der Waals surface area contributed by atoms with Gasteiger partial charge < -0.3 is 10.2 Å². The quantitative estimate of drug-likeness (QED) is 0.604. The van der Waals surface area contributed by atoms with Crippen molar-refractivity contribution in [3.05, 3.63) is 41.2 Å². The van der Waals surface area contributed by atoms with Crippen LogP contribution >= 0.6 is 0 Å². The number of alkyl halides is 5. The van der Waals surface area contributed by atoms with Gasteiger partial charge in [-0.15, -0.1) is 0 Å². The lowest BCUT2D eigenvalue weighted by molar-refractivity contribution is -0.138. The third-order valence-corrected chi connectivity index (χ3v) is 6.28. The predicted molar refractivity (Wildman–Crippen MR) is 112 cm³/mol. The van der Waals surface area contributed by atoms with Crippen molar-refractivity contribution in [1.82, 2.24) is 9.97 Å². The smallest absolute Gasteiger partial charge is 0.356 e. The highest BCUT2D eigenvalue weighted by atomic mass is 32.2. The largest absolute Gasteiger partial charge is 0.418 e. The average Bonchev–Trinajstić information content (AvgIpc) is 2.86. The lowest BCUT2D eigenvalue weighted by atomic mass is 10.0. The van der Waals surface area contributed by atoms with Crippen LogP contribution in [0.1, 0.15) is 40.7 Å². The van der Waals surface area contributed by atoms with E-state index >= 15 is 0 Å². The molecule has 1 unspecified atom stereocenters. The van der Waals surface area contributed by atoms with Gasteiger partial charge in [0.25, 0.3) is 5.91 Å². The molecule has 180 valence electrons. The average molecular weight is 491 g/mol. The first-order valence-electron chi connectivity index (χ1n) is 9.90. The van der Waals surface area contributed by atoms with Crippen molar-refractivity contribution >= 4 is 27.1 Å². The summed E-state index contributed by atoms with van der Waals surface area (Å²) in [5.41, 5.74) is -1.83. The lowest BCUT2D eigenvalue weighted by Gasteiger charge is -2.26. The van der Waals surface area contributed by atoms with E-state index in [0.29, 0.717) is 6.20 Å². The van der Waals surface area contributed by atoms with E-state index in [0.717, 1.165) is 13.2 Å². The Balaban J connectivity index is 2.05. The molecular weight excluding hydrogens is 469 g/mol. The van der Waals surface area contributed by atoms with Gasteiger partial charge in [0.2, 0.25) is 5.92 Å². The van der Waals surface area contributed by atoms with Crippen LogP contribution in [-0.2, 0) is 15.9 Å². The Labute approximate surface area is 187 Å². The zero-order chi connectivity index (χ0) is 24.6. The SMILES string of the molecule is Cc1c(C(F)(F)F)cnc(N2CCCC(F)(F)CC2)c1C(=O)Nc1ccnc(S(C)(=N)=O)c1. The molecule has 2 aromatic heterocycles. The summed E-state index contributed by atoms with van der Waals surface area (Å²) < 4.78 is 87.7. The summed E-state index contributed by atoms with van der Waals surface area (Å²) in [6.45, 7) is 1.04. The van der Waals surface area contributed by atoms with Gasteiger partial charge in [0.15, 0.2) is 0 Å². The van der Waals surface area contributed by atoms with Crippen molar-refractivity contribution in [1.29, 1.82) is 4.78 Å². The minimum Gasteiger partial charge on any atom is -0.356 e. The highest BCUT2D eigenvalue weighted by molar-refractivity contribution is 7.91. The summed E-state index contributed by atoms with van der Waals surface area (Å²) in [5.74, 6) is -3.97. The molecule has 1 saturated heterocycles. The van der Waals surface area contributed by atoms with Gasteiger partial charge in [0.1, 0.15) is 10.8 Å². The molecule has 1 aliphatic heterocycles. The Hall–Kier alpha value is -2.83. The summed E-state index contributed by atoms with van der Waals surface area (Å²) in [6.07, 6.45) is -2.64. The molecule has 1 atom stereocenters. The molecule has 0 aromatic carbocycles. The second-order valence-corrected chi connectivity index (χ2v) is 9.98. The van der Waals surface area contributed by atoms with Gasteiger partial charge >= 0.3 is 6.18 Å². The number of carbonyl (C=O) groups is 1. The number of anilines is 2. The molecule has 1 aliphatic rings. The van der Waals surface area contributed by atoms with Gasteiger partial charge in [-0.1, -0.05) is 0 Å². The number of amides is 1. The van der Waals surface area contributed by atoms with E-state index in [9.17, 15) is 31.0 Å². The Morgan fingerprint density at radius 2 is 1.94 bits per heavy atom. The predicted octanol–water partition coefficient (Wildman–Crippen LogP) is 4.72. The van der Waals surface area contributed by atoms with Gasteiger partial charge in [-0.25, -0.2) is 27.7 Å². The van der Waals surface area contributed by atoms with Gasteiger partial charge in [0.05, 0.1) is 20.9 Å². The summed E-state index contributed by atoms with van der Waals surface area (Å²) in [6, 6.07) is 2.52. The zero-order valence-electron chi connectivity index (χ0n) is 17.8. The molecule has 2 N–H and O–H groups in total. The van der Waals surface area contributed by atoms with Crippen LogP contribution in [0.25, 0.3) is 0 Å². The molecule has 3 rings (SSSR count). The zero-order valence-corrected chi connectivity index (χ0v) is 18.6. The number of hydrogen-bond acceptors (Lipinski definition) is 6. The second kappa shape index (κ2) is 8.84. The van der Waals surface area contributed by atoms with E-state index in [-0.39, 0.29) is 42.5 Å². The van der Waals surface area contributed by atoms with Crippen molar-refractivity contribution in [2.24, 2.45) is 0 Å². The van der Waals surface area contributed by atoms with E-state index in [2.05, 4.69) is 15.3 Å². The molecule has 7 nitrogen and oxygen atoms in total. The summed E-state index contributed by atoms with van der Waals surface area (Å²) >= 11 is 0. The number of aromatic nitrogens is 2. The van der Waals surface area contributed by atoms with Gasteiger partial charge in [-0.3, -0.25) is 4.79 Å². The van der Waals surface area contributed by atoms with Crippen LogP contribution in [-0.4, -0.2) is 45.4 Å². The summed E-state index contributed by atoms with van der Waals surface area (Å²) in [5, 5.41) is 2.32. The molecule has 0 spiro atoms. The van der Waals surface area contributed by atoms with E-state index < -0.39 is 50.8 Å². The molecule has 1 fully saturated rings. The molecule has 1 amide bonds. The Morgan fingerprint density at radius 1 is 1.24 bits per heavy atom. The fraction of sp³-hybridized carbons (Fsp3) is 0.450. The maximum absolute atomic E-state index is 13.8. The molecule has 0 radical (unpaired) electrons. The van der Waals surface area contributed by atoms with Crippen molar-refractivity contribution in [2.75, 3.05) is 29.6 Å². The molecule has 3 heterocycles. The van der Waals surface area contributed by atoms with Crippen LogP contribution in [0.5, 0.6) is 0 Å². The van der Waals surface area contributed by atoms with Crippen molar-refractivity contribution in [3.63, 3.8) is 0 Å². The van der Waals surface area contributed by atoms with Gasteiger partial charge in [-0.05, 0) is 31.0 Å². The fourth-order valence-electron chi connectivity index (χ4n) is 3.56. The first kappa shape index (κ1) is 24.8. The second-order valence-electron chi connectivity index (χ2n) is 7.87. The Kier molecular flexibility index (Phi) is 6.65. The lowest BCUT2D eigenvalue weighted by Crippen LogP contribution is -2.30. The molecule has 13 heteroatoms. The molecular formula is C20H22F5N5O2S. The number of pyridine rings is 2. The minimum absolute atomic E-state index is 0.0667. The molecule has 0 saturated carbocycles. The highest BCUT2D eigenvalue weighted by Gasteiger charge is 2.38. The number of rotatable bonds is 4. The van der Waals surface area contributed by atoms with Crippen molar-refractivity contribution in [2.45, 2.75) is 43.3 Å². The van der Waals surface area contributed by atoms with Crippen molar-refractivity contribution < 1.29 is 31.0 Å². The van der Waals surface area contributed by atoms with E-state index in [1.54, 1.807) is 0 Å². The van der Waals surface area contributed by atoms with Crippen LogP contribution in [0.2, 0.25) is 0 Å². The highest BCUT2D eigenvalue weighted by Crippen LogP contribution is 2.37. The van der Waals surface area contributed by atoms with Crippen molar-refractivity contribution in [3.8, 4) is 0 Å². The number of carbonyl (C=O) groups excluding carboxylic acids is 1. The standard InChI is InChI=1S/C20H22F5N5O2S/c1-12-14(20(23,24)25)11-28-17(30-8-3-5-19(21,22)6-9-30)16(12)18(31)29-13-4-7-27-15(10-13)33(2,26)32/h4,7,10-11,26H,3,5-6,8-9H2,1-2H3,(H,27,29,31). The van der Waals surface area contributed by atoms with Gasteiger partial charge in [-0.2, -0.15) is 13.2 Å². The van der Waals surface area contributed by atoms with E-state index in [4.69, 9.17) is 4.78 Å². The van der Waals surface area contributed by atoms with Crippen LogP contribution < -0.4 is 10.2 Å². The monoisotopic (exact) mass is 491 g/mol. The van der Waals surface area contributed by atoms with Crippen LogP contribution in [0, 0.1) is 11.7 Å². The third kappa shape index (κ3) is 5.75. The Morgan fingerprint density at radius 3 is 2.58 bits per heavy atom. The molecule has 33 heavy (non-hydrogen) atoms. The third-order valence-electron chi connectivity index (χ3n) is 5.26. The normalized spacial score (nSPS) is 18.3. The minimum atomic E-state index is -4.78. The topological polar surface area (TPSA) is 99.0 Å². The molecule has 2 aromatic rings. The number of halogens is 5. The summed E-state index contributed by atoms with van der Waals surface area (Å²) in [4.78, 5) is 22.2. The number of hydrogen-bond donors (Lipinski definition) is 2. The Bertz CT molecular complexity index is 1170. The first-order valence-corrected chi connectivity index (χ1v) is 11.9. The number of nitrogens with one attached hydrogen (secondary N) is 2. The first-order chi connectivity index (χ1) is 15.2. The number of nitrogens with zero attached hydrogens (tertiary/aromatic N) is 3. The summed E-state index contributed by atoms with van der Waals surface area (Å²) in [7, 11) is -3.20. The van der Waals surface area contributed by atoms with E-state index in [1.807, 2.05) is 0 Å².